The number of hydrogen-bond donors (Lipinski definition) is 1. The number of aliphatic hydroxyl groups is 1. The molecule has 1 N–H and O–H groups in total. The molecule has 0 saturated carbocycles. The summed E-state index contributed by atoms with van der Waals surface area (Å²) in [6.07, 6.45) is 1.03. The van der Waals surface area contributed by atoms with Gasteiger partial charge in [-0.05, 0) is 17.7 Å². The van der Waals surface area contributed by atoms with E-state index in [2.05, 4.69) is 35.7 Å². The van der Waals surface area contributed by atoms with Gasteiger partial charge >= 0.3 is 0 Å². The Kier molecular flexibility index (Phi) is 9.05. The largest absolute Gasteiger partial charge is 0.439 e. The quantitative estimate of drug-likeness (QED) is 0.203. The van der Waals surface area contributed by atoms with Crippen molar-refractivity contribution in [1.82, 2.24) is 14.7 Å². The Morgan fingerprint density at radius 2 is 1.58 bits per heavy atom. The Balaban J connectivity index is 1.68. The first-order valence-electron chi connectivity index (χ1n) is 12.1. The van der Waals surface area contributed by atoms with Gasteiger partial charge < -0.3 is 14.6 Å². The van der Waals surface area contributed by atoms with E-state index in [1.54, 1.807) is 10.8 Å². The third-order valence-electron chi connectivity index (χ3n) is 5.74. The number of aryl methyl sites for hydroxylation is 1. The Hall–Kier alpha value is -3.71. The van der Waals surface area contributed by atoms with Gasteiger partial charge in [-0.2, -0.15) is 5.10 Å². The monoisotopic (exact) mass is 483 g/mol. The fourth-order valence-corrected chi connectivity index (χ4v) is 4.14. The number of hydrogen-bond acceptors (Lipinski definition) is 5. The Morgan fingerprint density at radius 1 is 0.944 bits per heavy atom. The van der Waals surface area contributed by atoms with E-state index in [1.165, 1.54) is 0 Å². The molecule has 1 heterocycles. The SMILES string of the molecule is C=CCOC[C@H](O)CN(Cc1ccccc1)Cc1c(-c2ccccc2)nn(C)c1Oc1ccccc1. The van der Waals surface area contributed by atoms with Crippen LogP contribution in [0.25, 0.3) is 11.3 Å². The maximum absolute atomic E-state index is 10.7. The van der Waals surface area contributed by atoms with E-state index in [1.807, 2.05) is 73.8 Å². The molecule has 186 valence electrons. The molecular weight excluding hydrogens is 450 g/mol. The minimum Gasteiger partial charge on any atom is -0.439 e. The Morgan fingerprint density at radius 3 is 2.25 bits per heavy atom. The van der Waals surface area contributed by atoms with Crippen molar-refractivity contribution in [2.45, 2.75) is 19.2 Å². The predicted octanol–water partition coefficient (Wildman–Crippen LogP) is 5.45. The van der Waals surface area contributed by atoms with Crippen molar-refractivity contribution in [2.24, 2.45) is 7.05 Å². The lowest BCUT2D eigenvalue weighted by Gasteiger charge is -2.26. The van der Waals surface area contributed by atoms with Gasteiger partial charge in [-0.3, -0.25) is 4.90 Å². The molecule has 4 aromatic rings. The van der Waals surface area contributed by atoms with Crippen LogP contribution >= 0.6 is 0 Å². The summed E-state index contributed by atoms with van der Waals surface area (Å²) in [5, 5.41) is 15.6. The second-order valence-electron chi connectivity index (χ2n) is 8.67. The number of ether oxygens (including phenoxy) is 2. The van der Waals surface area contributed by atoms with Gasteiger partial charge in [0.15, 0.2) is 0 Å². The molecule has 0 amide bonds. The average molecular weight is 484 g/mol. The molecule has 0 aliphatic heterocycles. The van der Waals surface area contributed by atoms with Crippen molar-refractivity contribution in [3.05, 3.63) is 115 Å². The Bertz CT molecular complexity index is 1210. The van der Waals surface area contributed by atoms with Crippen LogP contribution in [0.3, 0.4) is 0 Å². The predicted molar refractivity (Wildman–Crippen MR) is 143 cm³/mol. The second kappa shape index (κ2) is 12.8. The van der Waals surface area contributed by atoms with Crippen molar-refractivity contribution in [3.63, 3.8) is 0 Å². The maximum Gasteiger partial charge on any atom is 0.222 e. The van der Waals surface area contributed by atoms with Gasteiger partial charge in [0.2, 0.25) is 5.88 Å². The summed E-state index contributed by atoms with van der Waals surface area (Å²) in [5.41, 5.74) is 4.00. The van der Waals surface area contributed by atoms with Gasteiger partial charge in [0.25, 0.3) is 0 Å². The van der Waals surface area contributed by atoms with Crippen molar-refractivity contribution in [2.75, 3.05) is 19.8 Å². The molecule has 0 fully saturated rings. The van der Waals surface area contributed by atoms with Crippen LogP contribution in [0.15, 0.2) is 104 Å². The highest BCUT2D eigenvalue weighted by molar-refractivity contribution is 5.65. The fraction of sp³-hybridized carbons (Fsp3) is 0.233. The van der Waals surface area contributed by atoms with Crippen molar-refractivity contribution >= 4 is 0 Å². The Labute approximate surface area is 213 Å². The van der Waals surface area contributed by atoms with Gasteiger partial charge in [-0.25, -0.2) is 4.68 Å². The molecule has 1 aromatic heterocycles. The van der Waals surface area contributed by atoms with Crippen molar-refractivity contribution in [1.29, 1.82) is 0 Å². The topological polar surface area (TPSA) is 59.8 Å². The number of rotatable bonds is 13. The first kappa shape index (κ1) is 25.4. The summed E-state index contributed by atoms with van der Waals surface area (Å²) in [6, 6.07) is 30.1. The summed E-state index contributed by atoms with van der Waals surface area (Å²) in [6.45, 7) is 5.95. The van der Waals surface area contributed by atoms with Crippen molar-refractivity contribution in [3.8, 4) is 22.9 Å². The standard InChI is InChI=1S/C30H33N3O3/c1-3-19-35-23-26(34)21-33(20-24-13-7-4-8-14-24)22-28-29(25-15-9-5-10-16-25)31-32(2)30(28)36-27-17-11-6-12-18-27/h3-18,26,34H,1,19-23H2,2H3/t26-/m1/s1. The lowest BCUT2D eigenvalue weighted by atomic mass is 10.1. The lowest BCUT2D eigenvalue weighted by molar-refractivity contribution is 0.0228. The molecule has 6 heteroatoms. The first-order valence-corrected chi connectivity index (χ1v) is 12.1. The van der Waals surface area contributed by atoms with Crippen LogP contribution in [0.4, 0.5) is 0 Å². The smallest absolute Gasteiger partial charge is 0.222 e. The molecule has 0 bridgehead atoms. The molecule has 1 atom stereocenters. The zero-order valence-electron chi connectivity index (χ0n) is 20.7. The summed E-state index contributed by atoms with van der Waals surface area (Å²) in [5.74, 6) is 1.42. The highest BCUT2D eigenvalue weighted by Gasteiger charge is 2.23. The van der Waals surface area contributed by atoms with Gasteiger partial charge in [0, 0.05) is 32.2 Å². The zero-order chi connectivity index (χ0) is 25.2. The molecular formula is C30H33N3O3. The lowest BCUT2D eigenvalue weighted by Crippen LogP contribution is -2.34. The van der Waals surface area contributed by atoms with E-state index in [9.17, 15) is 5.11 Å². The van der Waals surface area contributed by atoms with Crippen LogP contribution < -0.4 is 4.74 Å². The number of benzene rings is 3. The van der Waals surface area contributed by atoms with E-state index in [0.29, 0.717) is 32.1 Å². The molecule has 3 aromatic carbocycles. The average Bonchev–Trinajstić information content (AvgIpc) is 3.20. The molecule has 6 nitrogen and oxygen atoms in total. The minimum absolute atomic E-state index is 0.239. The van der Waals surface area contributed by atoms with Gasteiger partial charge in [0.1, 0.15) is 11.4 Å². The number of para-hydroxylation sites is 1. The highest BCUT2D eigenvalue weighted by Crippen LogP contribution is 2.34. The summed E-state index contributed by atoms with van der Waals surface area (Å²) >= 11 is 0. The van der Waals surface area contributed by atoms with Gasteiger partial charge in [0.05, 0.1) is 24.9 Å². The molecule has 0 radical (unpaired) electrons. The minimum atomic E-state index is -0.649. The second-order valence-corrected chi connectivity index (χ2v) is 8.67. The summed E-state index contributed by atoms with van der Waals surface area (Å²) in [4.78, 5) is 2.21. The normalized spacial score (nSPS) is 12.0. The third-order valence-corrected chi connectivity index (χ3v) is 5.74. The molecule has 0 saturated heterocycles. The van der Waals surface area contributed by atoms with Crippen LogP contribution in [-0.4, -0.2) is 45.6 Å². The van der Waals surface area contributed by atoms with E-state index >= 15 is 0 Å². The zero-order valence-corrected chi connectivity index (χ0v) is 20.7. The van der Waals surface area contributed by atoms with Crippen LogP contribution in [0.2, 0.25) is 0 Å². The van der Waals surface area contributed by atoms with E-state index in [-0.39, 0.29) is 6.61 Å². The molecule has 0 aliphatic rings. The maximum atomic E-state index is 10.7. The first-order chi connectivity index (χ1) is 17.6. The molecule has 4 rings (SSSR count). The summed E-state index contributed by atoms with van der Waals surface area (Å²) in [7, 11) is 1.90. The number of aromatic nitrogens is 2. The highest BCUT2D eigenvalue weighted by atomic mass is 16.5. The van der Waals surface area contributed by atoms with Gasteiger partial charge in [-0.15, -0.1) is 6.58 Å². The third kappa shape index (κ3) is 6.92. The van der Waals surface area contributed by atoms with Crippen LogP contribution in [0, 0.1) is 0 Å². The van der Waals surface area contributed by atoms with E-state index in [0.717, 1.165) is 28.1 Å². The van der Waals surface area contributed by atoms with Gasteiger partial charge in [-0.1, -0.05) is 84.9 Å². The van der Waals surface area contributed by atoms with Crippen molar-refractivity contribution < 1.29 is 14.6 Å². The molecule has 36 heavy (non-hydrogen) atoms. The van der Waals surface area contributed by atoms with Crippen LogP contribution in [0.1, 0.15) is 11.1 Å². The molecule has 0 aliphatic carbocycles. The summed E-state index contributed by atoms with van der Waals surface area (Å²) < 4.78 is 13.7. The van der Waals surface area contributed by atoms with Crippen LogP contribution in [0.5, 0.6) is 11.6 Å². The molecule has 0 spiro atoms. The molecule has 0 unspecified atom stereocenters. The number of nitrogens with zero attached hydrogens (tertiary/aromatic N) is 3. The van der Waals surface area contributed by atoms with E-state index in [4.69, 9.17) is 14.6 Å². The van der Waals surface area contributed by atoms with Crippen LogP contribution in [-0.2, 0) is 24.9 Å². The fourth-order valence-electron chi connectivity index (χ4n) is 4.14. The van der Waals surface area contributed by atoms with E-state index < -0.39 is 6.10 Å². The number of aliphatic hydroxyl groups excluding tert-OH is 1.